The van der Waals surface area contributed by atoms with Gasteiger partial charge in [-0.2, -0.15) is 0 Å². The molecule has 0 aliphatic carbocycles. The van der Waals surface area contributed by atoms with Gasteiger partial charge in [0.1, 0.15) is 5.75 Å². The van der Waals surface area contributed by atoms with Crippen molar-refractivity contribution >= 4 is 0 Å². The molecule has 1 fully saturated rings. The highest BCUT2D eigenvalue weighted by molar-refractivity contribution is 5.29. The Morgan fingerprint density at radius 1 is 1.56 bits per heavy atom. The number of hydrogen-bond donors (Lipinski definition) is 2. The number of aliphatic hydroxyl groups is 1. The van der Waals surface area contributed by atoms with Gasteiger partial charge in [0.2, 0.25) is 0 Å². The number of likely N-dealkylation sites (N-methyl/N-ethyl adjacent to an activating group) is 1. The molecule has 1 aliphatic heterocycles. The topological polar surface area (TPSA) is 44.7 Å². The Balaban J connectivity index is 1.85. The average Bonchev–Trinajstić information content (AvgIpc) is 2.82. The van der Waals surface area contributed by atoms with E-state index in [1.807, 2.05) is 24.3 Å². The van der Waals surface area contributed by atoms with Crippen LogP contribution in [0.5, 0.6) is 5.75 Å². The number of nitrogens with one attached hydrogen (secondary N) is 1. The van der Waals surface area contributed by atoms with Crippen molar-refractivity contribution in [2.75, 3.05) is 33.8 Å². The van der Waals surface area contributed by atoms with Crippen LogP contribution in [0, 0.1) is 0 Å². The highest BCUT2D eigenvalue weighted by atomic mass is 16.5. The van der Waals surface area contributed by atoms with Crippen LogP contribution < -0.4 is 10.1 Å². The molecule has 0 bridgehead atoms. The molecule has 0 radical (unpaired) electrons. The van der Waals surface area contributed by atoms with E-state index in [0.29, 0.717) is 12.6 Å². The van der Waals surface area contributed by atoms with Gasteiger partial charge in [-0.15, -0.1) is 0 Å². The molecule has 2 atom stereocenters. The van der Waals surface area contributed by atoms with Gasteiger partial charge >= 0.3 is 0 Å². The fraction of sp³-hybridized carbons (Fsp3) is 0.571. The number of ether oxygens (including phenoxy) is 1. The van der Waals surface area contributed by atoms with Gasteiger partial charge in [-0.3, -0.25) is 0 Å². The summed E-state index contributed by atoms with van der Waals surface area (Å²) in [6.07, 6.45) is 0.674. The fourth-order valence-electron chi connectivity index (χ4n) is 2.35. The highest BCUT2D eigenvalue weighted by Gasteiger charge is 2.19. The van der Waals surface area contributed by atoms with E-state index in [1.54, 1.807) is 7.11 Å². The predicted octanol–water partition coefficient (Wildman–Crippen LogP) is 1.02. The van der Waals surface area contributed by atoms with Gasteiger partial charge in [0.15, 0.2) is 0 Å². The zero-order chi connectivity index (χ0) is 13.0. The third kappa shape index (κ3) is 3.45. The maximum absolute atomic E-state index is 10.1. The second kappa shape index (κ2) is 6.18. The first-order valence-corrected chi connectivity index (χ1v) is 6.43. The van der Waals surface area contributed by atoms with Crippen molar-refractivity contribution < 1.29 is 9.84 Å². The lowest BCUT2D eigenvalue weighted by Gasteiger charge is -2.17. The molecule has 2 rings (SSSR count). The Labute approximate surface area is 109 Å². The van der Waals surface area contributed by atoms with Gasteiger partial charge in [-0.1, -0.05) is 12.1 Å². The summed E-state index contributed by atoms with van der Waals surface area (Å²) in [5.74, 6) is 0.784. The minimum Gasteiger partial charge on any atom is -0.497 e. The van der Waals surface area contributed by atoms with Crippen molar-refractivity contribution in [1.29, 1.82) is 0 Å². The van der Waals surface area contributed by atoms with Gasteiger partial charge in [0.25, 0.3) is 0 Å². The maximum Gasteiger partial charge on any atom is 0.119 e. The predicted molar refractivity (Wildman–Crippen MR) is 71.9 cm³/mol. The van der Waals surface area contributed by atoms with Gasteiger partial charge in [-0.05, 0) is 37.7 Å². The van der Waals surface area contributed by atoms with Crippen LogP contribution in [0.3, 0.4) is 0 Å². The van der Waals surface area contributed by atoms with Crippen LogP contribution in [-0.2, 0) is 0 Å². The minimum absolute atomic E-state index is 0.481. The van der Waals surface area contributed by atoms with Crippen molar-refractivity contribution in [3.63, 3.8) is 0 Å². The normalized spacial score (nSPS) is 22.1. The summed E-state index contributed by atoms with van der Waals surface area (Å²) in [6.45, 7) is 2.78. The molecule has 0 aromatic heterocycles. The summed E-state index contributed by atoms with van der Waals surface area (Å²) >= 11 is 0. The van der Waals surface area contributed by atoms with E-state index in [9.17, 15) is 5.11 Å². The second-order valence-corrected chi connectivity index (χ2v) is 4.95. The lowest BCUT2D eigenvalue weighted by atomic mass is 10.1. The minimum atomic E-state index is -0.481. The Hall–Kier alpha value is -1.10. The summed E-state index contributed by atoms with van der Waals surface area (Å²) in [4.78, 5) is 2.30. The van der Waals surface area contributed by atoms with Crippen molar-refractivity contribution in [1.82, 2.24) is 10.2 Å². The van der Waals surface area contributed by atoms with E-state index in [2.05, 4.69) is 17.3 Å². The molecule has 18 heavy (non-hydrogen) atoms. The molecule has 100 valence electrons. The third-order valence-electron chi connectivity index (χ3n) is 3.47. The van der Waals surface area contributed by atoms with Gasteiger partial charge in [-0.25, -0.2) is 0 Å². The SMILES string of the molecule is COc1cccc(C(O)CNC2CCN(C)C2)c1. The number of likely N-dealkylation sites (tertiary alicyclic amines) is 1. The average molecular weight is 250 g/mol. The van der Waals surface area contributed by atoms with Crippen LogP contribution in [-0.4, -0.2) is 49.8 Å². The number of rotatable bonds is 5. The number of benzene rings is 1. The third-order valence-corrected chi connectivity index (χ3v) is 3.47. The summed E-state index contributed by atoms with van der Waals surface area (Å²) < 4.78 is 5.16. The standard InChI is InChI=1S/C14H22N2O2/c1-16-7-6-12(10-16)15-9-14(17)11-4-3-5-13(8-11)18-2/h3-5,8,12,14-15,17H,6-7,9-10H2,1-2H3. The molecule has 4 heteroatoms. The van der Waals surface area contributed by atoms with E-state index in [-0.39, 0.29) is 0 Å². The molecule has 1 aliphatic rings. The molecule has 1 aromatic carbocycles. The molecule has 1 heterocycles. The van der Waals surface area contributed by atoms with E-state index in [1.165, 1.54) is 0 Å². The largest absolute Gasteiger partial charge is 0.497 e. The van der Waals surface area contributed by atoms with E-state index >= 15 is 0 Å². The van der Waals surface area contributed by atoms with E-state index < -0.39 is 6.10 Å². The first kappa shape index (κ1) is 13.3. The first-order valence-electron chi connectivity index (χ1n) is 6.43. The van der Waals surface area contributed by atoms with Gasteiger partial charge in [0, 0.05) is 19.1 Å². The van der Waals surface area contributed by atoms with Crippen LogP contribution in [0.4, 0.5) is 0 Å². The Morgan fingerprint density at radius 3 is 3.06 bits per heavy atom. The Bertz CT molecular complexity index is 384. The molecule has 0 amide bonds. The number of methoxy groups -OCH3 is 1. The van der Waals surface area contributed by atoms with Crippen LogP contribution in [0.1, 0.15) is 18.1 Å². The molecule has 1 aromatic rings. The van der Waals surface area contributed by atoms with Gasteiger partial charge in [0.05, 0.1) is 13.2 Å². The summed E-state index contributed by atoms with van der Waals surface area (Å²) in [5.41, 5.74) is 0.896. The van der Waals surface area contributed by atoms with Crippen LogP contribution >= 0.6 is 0 Å². The Morgan fingerprint density at radius 2 is 2.39 bits per heavy atom. The second-order valence-electron chi connectivity index (χ2n) is 4.95. The smallest absolute Gasteiger partial charge is 0.119 e. The first-order chi connectivity index (χ1) is 8.69. The summed E-state index contributed by atoms with van der Waals surface area (Å²) in [7, 11) is 3.76. The van der Waals surface area contributed by atoms with Crippen LogP contribution in [0.2, 0.25) is 0 Å². The Kier molecular flexibility index (Phi) is 4.58. The van der Waals surface area contributed by atoms with Crippen molar-refractivity contribution in [3.8, 4) is 5.75 Å². The quantitative estimate of drug-likeness (QED) is 0.819. The zero-order valence-corrected chi connectivity index (χ0v) is 11.1. The van der Waals surface area contributed by atoms with Crippen molar-refractivity contribution in [2.24, 2.45) is 0 Å². The molecule has 2 unspecified atom stereocenters. The molecule has 4 nitrogen and oxygen atoms in total. The zero-order valence-electron chi connectivity index (χ0n) is 11.1. The summed E-state index contributed by atoms with van der Waals surface area (Å²) in [5, 5.41) is 13.6. The van der Waals surface area contributed by atoms with Crippen LogP contribution in [0.15, 0.2) is 24.3 Å². The monoisotopic (exact) mass is 250 g/mol. The number of hydrogen-bond acceptors (Lipinski definition) is 4. The molecule has 1 saturated heterocycles. The highest BCUT2D eigenvalue weighted by Crippen LogP contribution is 2.19. The molecular formula is C14H22N2O2. The molecular weight excluding hydrogens is 228 g/mol. The fourth-order valence-corrected chi connectivity index (χ4v) is 2.35. The van der Waals surface area contributed by atoms with Crippen molar-refractivity contribution in [3.05, 3.63) is 29.8 Å². The summed E-state index contributed by atoms with van der Waals surface area (Å²) in [6, 6.07) is 8.09. The maximum atomic E-state index is 10.1. The molecule has 0 saturated carbocycles. The van der Waals surface area contributed by atoms with E-state index in [0.717, 1.165) is 30.8 Å². The number of nitrogens with zero attached hydrogens (tertiary/aromatic N) is 1. The number of aliphatic hydroxyl groups excluding tert-OH is 1. The van der Waals surface area contributed by atoms with Gasteiger partial charge < -0.3 is 20.1 Å². The van der Waals surface area contributed by atoms with E-state index in [4.69, 9.17) is 4.74 Å². The molecule has 0 spiro atoms. The lowest BCUT2D eigenvalue weighted by Crippen LogP contribution is -2.34. The molecule has 2 N–H and O–H groups in total. The lowest BCUT2D eigenvalue weighted by molar-refractivity contribution is 0.169. The van der Waals surface area contributed by atoms with Crippen molar-refractivity contribution in [2.45, 2.75) is 18.6 Å². The van der Waals surface area contributed by atoms with Crippen LogP contribution in [0.25, 0.3) is 0 Å².